The molecule has 1 aliphatic rings. The predicted molar refractivity (Wildman–Crippen MR) is 129 cm³/mol. The second-order valence-electron chi connectivity index (χ2n) is 7.16. The van der Waals surface area contributed by atoms with Crippen molar-refractivity contribution < 1.29 is 28.6 Å². The molecule has 0 atom stereocenters. The van der Waals surface area contributed by atoms with Crippen molar-refractivity contribution in [1.29, 1.82) is 0 Å². The quantitative estimate of drug-likeness (QED) is 0.368. The van der Waals surface area contributed by atoms with Crippen molar-refractivity contribution in [3.05, 3.63) is 93.6 Å². The molecular weight excluding hydrogens is 504 g/mol. The molecule has 0 unspecified atom stereocenters. The maximum absolute atomic E-state index is 13.1. The summed E-state index contributed by atoms with van der Waals surface area (Å²) in [6.07, 6.45) is 1.53. The van der Waals surface area contributed by atoms with Crippen LogP contribution in [0.5, 0.6) is 11.5 Å². The van der Waals surface area contributed by atoms with Crippen LogP contribution in [0.4, 0.5) is 5.69 Å². The van der Waals surface area contributed by atoms with E-state index >= 15 is 0 Å². The van der Waals surface area contributed by atoms with Crippen molar-refractivity contribution in [3.63, 3.8) is 0 Å². The lowest BCUT2D eigenvalue weighted by atomic mass is 10.1. The maximum atomic E-state index is 13.1. The average Bonchev–Trinajstić information content (AvgIpc) is 3.31. The van der Waals surface area contributed by atoms with E-state index < -0.39 is 17.8 Å². The average molecular weight is 523 g/mol. The Morgan fingerprint density at radius 2 is 1.71 bits per heavy atom. The summed E-state index contributed by atoms with van der Waals surface area (Å²) < 4.78 is 16.3. The number of ether oxygens (including phenoxy) is 3. The smallest absolute Gasteiger partial charge is 0.337 e. The Kier molecular flexibility index (Phi) is 6.93. The summed E-state index contributed by atoms with van der Waals surface area (Å²) in [5.74, 6) is -0.431. The largest absolute Gasteiger partial charge is 0.465 e. The lowest BCUT2D eigenvalue weighted by Crippen LogP contribution is -2.30. The molecule has 2 amide bonds. The number of amides is 2. The molecule has 1 aliphatic heterocycles. The molecule has 0 spiro atoms. The van der Waals surface area contributed by atoms with Crippen LogP contribution in [0.3, 0.4) is 0 Å². The summed E-state index contributed by atoms with van der Waals surface area (Å²) in [7, 11) is 1.28. The zero-order chi connectivity index (χ0) is 24.1. The molecule has 0 aromatic heterocycles. The Bertz CT molecular complexity index is 1290. The number of hydrogen-bond acceptors (Lipinski definition) is 6. The lowest BCUT2D eigenvalue weighted by molar-refractivity contribution is -0.113. The summed E-state index contributed by atoms with van der Waals surface area (Å²) in [6.45, 7) is 0.118. The number of methoxy groups -OCH3 is 1. The molecule has 4 rings (SSSR count). The number of anilines is 1. The van der Waals surface area contributed by atoms with Crippen molar-refractivity contribution in [3.8, 4) is 11.5 Å². The van der Waals surface area contributed by atoms with Crippen LogP contribution < -0.4 is 20.1 Å². The Balaban J connectivity index is 1.62. The molecule has 0 bridgehead atoms. The first-order valence-electron chi connectivity index (χ1n) is 10.1. The number of hydrogen-bond donors (Lipinski definition) is 2. The van der Waals surface area contributed by atoms with Crippen LogP contribution in [0.25, 0.3) is 6.08 Å². The summed E-state index contributed by atoms with van der Waals surface area (Å²) in [6, 6.07) is 18.2. The number of halogens is 1. The second kappa shape index (κ2) is 10.2. The van der Waals surface area contributed by atoms with Gasteiger partial charge < -0.3 is 24.8 Å². The van der Waals surface area contributed by atoms with Gasteiger partial charge in [0, 0.05) is 15.7 Å². The van der Waals surface area contributed by atoms with Gasteiger partial charge in [0.15, 0.2) is 11.5 Å². The first-order valence-corrected chi connectivity index (χ1v) is 10.9. The van der Waals surface area contributed by atoms with Gasteiger partial charge in [0.2, 0.25) is 6.79 Å². The van der Waals surface area contributed by atoms with Gasteiger partial charge in [-0.25, -0.2) is 4.79 Å². The van der Waals surface area contributed by atoms with Crippen LogP contribution in [-0.2, 0) is 9.53 Å². The Hall–Kier alpha value is -4.11. The van der Waals surface area contributed by atoms with Gasteiger partial charge in [0.05, 0.1) is 12.7 Å². The topological polar surface area (TPSA) is 103 Å². The highest BCUT2D eigenvalue weighted by molar-refractivity contribution is 9.10. The van der Waals surface area contributed by atoms with E-state index in [1.807, 2.05) is 0 Å². The molecule has 0 aliphatic carbocycles. The zero-order valence-electron chi connectivity index (χ0n) is 18.0. The molecule has 0 saturated carbocycles. The fourth-order valence-electron chi connectivity index (χ4n) is 3.16. The van der Waals surface area contributed by atoms with Gasteiger partial charge >= 0.3 is 5.97 Å². The molecule has 0 fully saturated rings. The molecule has 3 aromatic rings. The monoisotopic (exact) mass is 522 g/mol. The third-order valence-electron chi connectivity index (χ3n) is 4.85. The molecule has 172 valence electrons. The molecule has 34 heavy (non-hydrogen) atoms. The summed E-state index contributed by atoms with van der Waals surface area (Å²) in [5, 5.41) is 5.38. The van der Waals surface area contributed by atoms with Crippen LogP contribution >= 0.6 is 15.9 Å². The number of nitrogens with one attached hydrogen (secondary N) is 2. The van der Waals surface area contributed by atoms with Crippen molar-refractivity contribution in [2.24, 2.45) is 0 Å². The lowest BCUT2D eigenvalue weighted by Gasteiger charge is -2.12. The second-order valence-corrected chi connectivity index (χ2v) is 8.07. The van der Waals surface area contributed by atoms with Gasteiger partial charge in [0.25, 0.3) is 11.8 Å². The molecule has 0 radical (unpaired) electrons. The molecule has 9 heteroatoms. The first-order chi connectivity index (χ1) is 16.4. The molecule has 2 N–H and O–H groups in total. The van der Waals surface area contributed by atoms with Crippen molar-refractivity contribution >= 4 is 45.5 Å². The molecule has 1 heterocycles. The van der Waals surface area contributed by atoms with E-state index in [1.54, 1.807) is 60.7 Å². The highest BCUT2D eigenvalue weighted by Gasteiger charge is 2.18. The minimum Gasteiger partial charge on any atom is -0.465 e. The minimum atomic E-state index is -0.579. The Morgan fingerprint density at radius 1 is 0.941 bits per heavy atom. The predicted octanol–water partition coefficient (Wildman–Crippen LogP) is 4.37. The van der Waals surface area contributed by atoms with Crippen molar-refractivity contribution in [2.45, 2.75) is 0 Å². The number of fused-ring (bicyclic) bond motifs is 1. The number of carbonyl (C=O) groups excluding carboxylic acids is 3. The highest BCUT2D eigenvalue weighted by atomic mass is 79.9. The highest BCUT2D eigenvalue weighted by Crippen LogP contribution is 2.33. The Morgan fingerprint density at radius 3 is 2.47 bits per heavy atom. The van der Waals surface area contributed by atoms with Gasteiger partial charge in [-0.2, -0.15) is 0 Å². The van der Waals surface area contributed by atoms with Gasteiger partial charge in [-0.1, -0.05) is 28.1 Å². The van der Waals surface area contributed by atoms with Gasteiger partial charge in [-0.3, -0.25) is 9.59 Å². The SMILES string of the molecule is COC(=O)c1cccc(NC(=O)/C(=C/c2ccc3c(c2)OCO3)NC(=O)c2ccc(Br)cc2)c1. The van der Waals surface area contributed by atoms with E-state index in [9.17, 15) is 14.4 Å². The standard InChI is InChI=1S/C25H19BrN2O6/c1-32-25(31)17-3-2-4-19(13-17)27-24(30)20(28-23(29)16-6-8-18(26)9-7-16)11-15-5-10-21-22(12-15)34-14-33-21/h2-13H,14H2,1H3,(H,27,30)(H,28,29)/b20-11-. The third kappa shape index (κ3) is 5.44. The van der Waals surface area contributed by atoms with E-state index in [0.717, 1.165) is 4.47 Å². The van der Waals surface area contributed by atoms with E-state index in [0.29, 0.717) is 28.3 Å². The normalized spacial score (nSPS) is 12.1. The fourth-order valence-corrected chi connectivity index (χ4v) is 3.43. The molecule has 3 aromatic carbocycles. The van der Waals surface area contributed by atoms with Gasteiger partial charge in [-0.05, 0) is 66.2 Å². The van der Waals surface area contributed by atoms with Gasteiger partial charge in [-0.15, -0.1) is 0 Å². The summed E-state index contributed by atoms with van der Waals surface area (Å²) >= 11 is 3.33. The van der Waals surface area contributed by atoms with Crippen molar-refractivity contribution in [2.75, 3.05) is 19.2 Å². The maximum Gasteiger partial charge on any atom is 0.337 e. The number of rotatable bonds is 6. The van der Waals surface area contributed by atoms with E-state index in [-0.39, 0.29) is 18.1 Å². The zero-order valence-corrected chi connectivity index (χ0v) is 19.5. The number of carbonyl (C=O) groups is 3. The third-order valence-corrected chi connectivity index (χ3v) is 5.38. The number of esters is 1. The minimum absolute atomic E-state index is 0.00439. The molecule has 0 saturated heterocycles. The molecular formula is C25H19BrN2O6. The van der Waals surface area contributed by atoms with Crippen molar-refractivity contribution in [1.82, 2.24) is 5.32 Å². The first kappa shape index (κ1) is 23.1. The fraction of sp³-hybridized carbons (Fsp3) is 0.0800. The van der Waals surface area contributed by atoms with E-state index in [2.05, 4.69) is 26.6 Å². The van der Waals surface area contributed by atoms with E-state index in [4.69, 9.17) is 14.2 Å². The van der Waals surface area contributed by atoms with E-state index in [1.165, 1.54) is 19.3 Å². The summed E-state index contributed by atoms with van der Waals surface area (Å²) in [4.78, 5) is 37.8. The Labute approximate surface area is 203 Å². The van der Waals surface area contributed by atoms with Crippen LogP contribution in [-0.4, -0.2) is 31.7 Å². The van der Waals surface area contributed by atoms with Gasteiger partial charge in [0.1, 0.15) is 5.70 Å². The number of benzene rings is 3. The van der Waals surface area contributed by atoms with Crippen LogP contribution in [0.2, 0.25) is 0 Å². The van der Waals surface area contributed by atoms with Crippen LogP contribution in [0.1, 0.15) is 26.3 Å². The summed E-state index contributed by atoms with van der Waals surface area (Å²) in [5.41, 5.74) is 1.63. The molecule has 8 nitrogen and oxygen atoms in total. The van der Waals surface area contributed by atoms with Crippen LogP contribution in [0, 0.1) is 0 Å². The van der Waals surface area contributed by atoms with Crippen LogP contribution in [0.15, 0.2) is 76.9 Å².